The molecule has 1 aromatic carbocycles. The lowest BCUT2D eigenvalue weighted by Gasteiger charge is -1.99. The number of nitrogens with zero attached hydrogens (tertiary/aromatic N) is 1. The zero-order chi connectivity index (χ0) is 9.68. The van der Waals surface area contributed by atoms with Gasteiger partial charge < -0.3 is 5.73 Å². The monoisotopic (exact) mass is 198 g/mol. The van der Waals surface area contributed by atoms with E-state index >= 15 is 0 Å². The van der Waals surface area contributed by atoms with Gasteiger partial charge in [-0.3, -0.25) is 4.99 Å². The van der Waals surface area contributed by atoms with E-state index in [1.807, 2.05) is 6.26 Å². The Kier molecular flexibility index (Phi) is 3.76. The van der Waals surface area contributed by atoms with Crippen LogP contribution in [0.2, 0.25) is 0 Å². The number of hydrogen-bond acceptors (Lipinski definition) is 2. The second-order valence-corrected chi connectivity index (χ2v) is 3.28. The smallest absolute Gasteiger partial charge is 0.153 e. The zero-order valence-electron chi connectivity index (χ0n) is 7.33. The number of benzene rings is 1. The van der Waals surface area contributed by atoms with E-state index in [2.05, 4.69) is 4.99 Å². The van der Waals surface area contributed by atoms with Crippen LogP contribution >= 0.6 is 11.8 Å². The van der Waals surface area contributed by atoms with Crippen molar-refractivity contribution >= 4 is 16.9 Å². The fraction of sp³-hybridized carbons (Fsp3) is 0.222. The van der Waals surface area contributed by atoms with Crippen molar-refractivity contribution in [2.24, 2.45) is 10.7 Å². The summed E-state index contributed by atoms with van der Waals surface area (Å²) in [5, 5.41) is 0.475. The first kappa shape index (κ1) is 10.1. The Labute approximate surface area is 81.1 Å². The predicted octanol–water partition coefficient (Wildman–Crippen LogP) is 2.00. The Hall–Kier alpha value is -1.03. The molecule has 2 N–H and O–H groups in total. The van der Waals surface area contributed by atoms with Crippen molar-refractivity contribution in [3.63, 3.8) is 0 Å². The molecule has 0 spiro atoms. The lowest BCUT2D eigenvalue weighted by molar-refractivity contribution is 0.611. The van der Waals surface area contributed by atoms with Gasteiger partial charge >= 0.3 is 0 Å². The van der Waals surface area contributed by atoms with Crippen molar-refractivity contribution in [1.29, 1.82) is 0 Å². The van der Waals surface area contributed by atoms with Gasteiger partial charge in [-0.2, -0.15) is 0 Å². The number of amidine groups is 1. The first-order valence-electron chi connectivity index (χ1n) is 3.81. The molecule has 0 unspecified atom stereocenters. The van der Waals surface area contributed by atoms with E-state index in [0.717, 1.165) is 0 Å². The van der Waals surface area contributed by atoms with Crippen molar-refractivity contribution in [3.05, 3.63) is 35.6 Å². The van der Waals surface area contributed by atoms with Crippen LogP contribution in [-0.2, 0) is 6.54 Å². The van der Waals surface area contributed by atoms with Crippen molar-refractivity contribution in [2.75, 3.05) is 6.26 Å². The van der Waals surface area contributed by atoms with Gasteiger partial charge in [0, 0.05) is 5.56 Å². The Morgan fingerprint density at radius 3 is 2.85 bits per heavy atom. The SMILES string of the molecule is CSC(N)=NCc1ccccc1F. The minimum absolute atomic E-state index is 0.236. The molecular formula is C9H11FN2S. The minimum Gasteiger partial charge on any atom is -0.379 e. The summed E-state index contributed by atoms with van der Waals surface area (Å²) in [4.78, 5) is 3.99. The molecule has 0 radical (unpaired) electrons. The number of nitrogens with two attached hydrogens (primary N) is 1. The van der Waals surface area contributed by atoms with Crippen LogP contribution in [0.5, 0.6) is 0 Å². The molecule has 4 heteroatoms. The molecule has 0 atom stereocenters. The highest BCUT2D eigenvalue weighted by molar-refractivity contribution is 8.13. The van der Waals surface area contributed by atoms with E-state index in [1.165, 1.54) is 17.8 Å². The normalized spacial score (nSPS) is 11.7. The summed E-state index contributed by atoms with van der Waals surface area (Å²) in [6, 6.07) is 6.55. The summed E-state index contributed by atoms with van der Waals surface area (Å²) in [6.45, 7) is 0.305. The largest absolute Gasteiger partial charge is 0.379 e. The van der Waals surface area contributed by atoms with Crippen molar-refractivity contribution < 1.29 is 4.39 Å². The standard InChI is InChI=1S/C9H11FN2S/c1-13-9(11)12-6-7-4-2-3-5-8(7)10/h2-5H,6H2,1H3,(H2,11,12). The molecule has 0 aliphatic rings. The van der Waals surface area contributed by atoms with Crippen molar-refractivity contribution in [2.45, 2.75) is 6.54 Å². The van der Waals surface area contributed by atoms with Crippen molar-refractivity contribution in [3.8, 4) is 0 Å². The first-order valence-corrected chi connectivity index (χ1v) is 5.04. The molecule has 1 rings (SSSR count). The molecular weight excluding hydrogens is 187 g/mol. The van der Waals surface area contributed by atoms with Gasteiger partial charge in [-0.05, 0) is 12.3 Å². The van der Waals surface area contributed by atoms with Gasteiger partial charge in [-0.15, -0.1) is 0 Å². The van der Waals surface area contributed by atoms with Gasteiger partial charge in [0.1, 0.15) is 5.82 Å². The van der Waals surface area contributed by atoms with Gasteiger partial charge in [-0.1, -0.05) is 30.0 Å². The maximum Gasteiger partial charge on any atom is 0.153 e. The third-order valence-corrected chi connectivity index (χ3v) is 2.12. The third kappa shape index (κ3) is 3.06. The number of aliphatic imine (C=N–C) groups is 1. The molecule has 0 saturated carbocycles. The van der Waals surface area contributed by atoms with Gasteiger partial charge in [0.2, 0.25) is 0 Å². The maximum absolute atomic E-state index is 13.0. The van der Waals surface area contributed by atoms with Crippen LogP contribution in [0.3, 0.4) is 0 Å². The van der Waals surface area contributed by atoms with Crippen LogP contribution in [-0.4, -0.2) is 11.4 Å². The van der Waals surface area contributed by atoms with Gasteiger partial charge in [0.05, 0.1) is 6.54 Å². The van der Waals surface area contributed by atoms with E-state index in [4.69, 9.17) is 5.73 Å². The van der Waals surface area contributed by atoms with E-state index < -0.39 is 0 Å². The average molecular weight is 198 g/mol. The molecule has 13 heavy (non-hydrogen) atoms. The molecule has 0 aliphatic carbocycles. The van der Waals surface area contributed by atoms with Crippen LogP contribution in [0.25, 0.3) is 0 Å². The molecule has 0 bridgehead atoms. The summed E-state index contributed by atoms with van der Waals surface area (Å²) >= 11 is 1.36. The number of hydrogen-bond donors (Lipinski definition) is 1. The lowest BCUT2D eigenvalue weighted by Crippen LogP contribution is -2.06. The summed E-state index contributed by atoms with van der Waals surface area (Å²) in [6.07, 6.45) is 1.83. The average Bonchev–Trinajstić information content (AvgIpc) is 2.16. The lowest BCUT2D eigenvalue weighted by atomic mass is 10.2. The van der Waals surface area contributed by atoms with Gasteiger partial charge in [0.25, 0.3) is 0 Å². The molecule has 2 nitrogen and oxygen atoms in total. The highest BCUT2D eigenvalue weighted by Gasteiger charge is 1.98. The molecule has 0 fully saturated rings. The second kappa shape index (κ2) is 4.87. The first-order chi connectivity index (χ1) is 6.24. The highest BCUT2D eigenvalue weighted by Crippen LogP contribution is 2.08. The summed E-state index contributed by atoms with van der Waals surface area (Å²) in [7, 11) is 0. The zero-order valence-corrected chi connectivity index (χ0v) is 8.14. The van der Waals surface area contributed by atoms with E-state index in [9.17, 15) is 4.39 Å². The van der Waals surface area contributed by atoms with E-state index in [0.29, 0.717) is 17.3 Å². The van der Waals surface area contributed by atoms with Crippen molar-refractivity contribution in [1.82, 2.24) is 0 Å². The Morgan fingerprint density at radius 1 is 1.54 bits per heavy atom. The Balaban J connectivity index is 2.70. The number of rotatable bonds is 2. The quantitative estimate of drug-likeness (QED) is 0.583. The van der Waals surface area contributed by atoms with E-state index in [-0.39, 0.29) is 5.82 Å². The second-order valence-electron chi connectivity index (χ2n) is 2.45. The molecule has 70 valence electrons. The topological polar surface area (TPSA) is 38.4 Å². The van der Waals surface area contributed by atoms with Crippen LogP contribution in [0.1, 0.15) is 5.56 Å². The Bertz CT molecular complexity index is 312. The molecule has 1 aromatic rings. The van der Waals surface area contributed by atoms with Gasteiger partial charge in [-0.25, -0.2) is 4.39 Å². The third-order valence-electron chi connectivity index (χ3n) is 1.57. The van der Waals surface area contributed by atoms with Crippen LogP contribution in [0.15, 0.2) is 29.3 Å². The van der Waals surface area contributed by atoms with Gasteiger partial charge in [0.15, 0.2) is 5.17 Å². The maximum atomic E-state index is 13.0. The minimum atomic E-state index is -0.236. The fourth-order valence-corrected chi connectivity index (χ4v) is 1.05. The fourth-order valence-electron chi connectivity index (χ4n) is 0.854. The van der Waals surface area contributed by atoms with E-state index in [1.54, 1.807) is 18.2 Å². The molecule has 0 saturated heterocycles. The molecule has 0 aromatic heterocycles. The van der Waals surface area contributed by atoms with Crippen LogP contribution in [0, 0.1) is 5.82 Å². The highest BCUT2D eigenvalue weighted by atomic mass is 32.2. The summed E-state index contributed by atoms with van der Waals surface area (Å²) < 4.78 is 13.0. The Morgan fingerprint density at radius 2 is 2.23 bits per heavy atom. The molecule has 0 heterocycles. The molecule has 0 aliphatic heterocycles. The van der Waals surface area contributed by atoms with Crippen LogP contribution < -0.4 is 5.73 Å². The number of halogens is 1. The number of thioether (sulfide) groups is 1. The summed E-state index contributed by atoms with van der Waals surface area (Å²) in [5.41, 5.74) is 6.03. The summed E-state index contributed by atoms with van der Waals surface area (Å²) in [5.74, 6) is -0.236. The predicted molar refractivity (Wildman–Crippen MR) is 55.2 cm³/mol. The molecule has 0 amide bonds. The van der Waals surface area contributed by atoms with Crippen LogP contribution in [0.4, 0.5) is 4.39 Å².